The molecule has 0 aliphatic carbocycles. The maximum absolute atomic E-state index is 11.4. The lowest BCUT2D eigenvalue weighted by Crippen LogP contribution is -2.27. The van der Waals surface area contributed by atoms with E-state index in [1.807, 2.05) is 0 Å². The first-order valence-corrected chi connectivity index (χ1v) is 3.44. The van der Waals surface area contributed by atoms with Crippen molar-refractivity contribution in [1.82, 2.24) is 15.1 Å². The summed E-state index contributed by atoms with van der Waals surface area (Å²) < 4.78 is 0. The van der Waals surface area contributed by atoms with Crippen LogP contribution in [0.3, 0.4) is 0 Å². The molecule has 0 saturated carbocycles. The first-order valence-electron chi connectivity index (χ1n) is 3.44. The lowest BCUT2D eigenvalue weighted by atomic mass is 10.4. The van der Waals surface area contributed by atoms with E-state index in [0.717, 1.165) is 0 Å². The highest BCUT2D eigenvalue weighted by Gasteiger charge is 2.10. The Kier molecular flexibility index (Phi) is 2.49. The average Bonchev–Trinajstić information content (AvgIpc) is 2.55. The maximum atomic E-state index is 11.4. The minimum Gasteiger partial charge on any atom is -0.329 e. The van der Waals surface area contributed by atoms with Crippen LogP contribution in [0.25, 0.3) is 0 Å². The molecular formula is C8H9N3O. The monoisotopic (exact) mass is 163 g/mol. The van der Waals surface area contributed by atoms with Crippen molar-refractivity contribution >= 4 is 5.91 Å². The highest BCUT2D eigenvalue weighted by atomic mass is 16.2. The van der Waals surface area contributed by atoms with Gasteiger partial charge in [-0.15, -0.1) is 6.42 Å². The van der Waals surface area contributed by atoms with Crippen molar-refractivity contribution in [3.05, 3.63) is 18.0 Å². The third-order valence-electron chi connectivity index (χ3n) is 1.41. The number of H-pyrrole nitrogens is 1. The Labute approximate surface area is 70.6 Å². The number of aromatic amines is 1. The van der Waals surface area contributed by atoms with Crippen LogP contribution in [-0.4, -0.2) is 34.6 Å². The molecule has 12 heavy (non-hydrogen) atoms. The molecule has 4 heteroatoms. The van der Waals surface area contributed by atoms with Crippen LogP contribution in [0.4, 0.5) is 0 Å². The number of nitrogens with one attached hydrogen (secondary N) is 1. The quantitative estimate of drug-likeness (QED) is 0.629. The first kappa shape index (κ1) is 8.34. The minimum absolute atomic E-state index is 0.148. The molecule has 4 nitrogen and oxygen atoms in total. The second-order valence-electron chi connectivity index (χ2n) is 2.34. The minimum atomic E-state index is -0.148. The summed E-state index contributed by atoms with van der Waals surface area (Å²) in [5, 5.41) is 6.23. The molecule has 0 spiro atoms. The summed E-state index contributed by atoms with van der Waals surface area (Å²) in [7, 11) is 1.64. The van der Waals surface area contributed by atoms with Crippen LogP contribution >= 0.6 is 0 Å². The van der Waals surface area contributed by atoms with E-state index < -0.39 is 0 Å². The third-order valence-corrected chi connectivity index (χ3v) is 1.41. The van der Waals surface area contributed by atoms with Gasteiger partial charge < -0.3 is 4.90 Å². The Morgan fingerprint density at radius 3 is 3.17 bits per heavy atom. The fourth-order valence-electron chi connectivity index (χ4n) is 0.789. The zero-order valence-corrected chi connectivity index (χ0v) is 6.74. The van der Waals surface area contributed by atoms with Crippen LogP contribution in [0, 0.1) is 12.3 Å². The Balaban J connectivity index is 2.67. The SMILES string of the molecule is C#CCN(C)C(=O)c1ccn[nH]1. The summed E-state index contributed by atoms with van der Waals surface area (Å²) in [6, 6.07) is 1.61. The molecule has 0 unspecified atom stereocenters. The highest BCUT2D eigenvalue weighted by Crippen LogP contribution is 1.96. The number of hydrogen-bond acceptors (Lipinski definition) is 2. The number of hydrogen-bond donors (Lipinski definition) is 1. The maximum Gasteiger partial charge on any atom is 0.272 e. The van der Waals surface area contributed by atoms with E-state index in [4.69, 9.17) is 6.42 Å². The summed E-state index contributed by atoms with van der Waals surface area (Å²) in [5.41, 5.74) is 0.452. The van der Waals surface area contributed by atoms with Crippen LogP contribution in [0.2, 0.25) is 0 Å². The van der Waals surface area contributed by atoms with Gasteiger partial charge in [0.05, 0.1) is 6.54 Å². The Morgan fingerprint density at radius 1 is 1.92 bits per heavy atom. The second kappa shape index (κ2) is 3.58. The zero-order valence-electron chi connectivity index (χ0n) is 6.74. The van der Waals surface area contributed by atoms with Crippen molar-refractivity contribution < 1.29 is 4.79 Å². The van der Waals surface area contributed by atoms with Gasteiger partial charge >= 0.3 is 0 Å². The molecule has 0 aliphatic rings. The molecule has 1 N–H and O–H groups in total. The molecule has 1 rings (SSSR count). The van der Waals surface area contributed by atoms with E-state index in [1.165, 1.54) is 11.1 Å². The third kappa shape index (κ3) is 1.64. The van der Waals surface area contributed by atoms with Gasteiger partial charge in [-0.2, -0.15) is 5.10 Å². The predicted molar refractivity (Wildman–Crippen MR) is 44.4 cm³/mol. The standard InChI is InChI=1S/C8H9N3O/c1-3-6-11(2)8(12)7-4-5-9-10-7/h1,4-5H,6H2,2H3,(H,9,10). The van der Waals surface area contributed by atoms with Gasteiger partial charge in [-0.05, 0) is 6.07 Å². The molecule has 0 aliphatic heterocycles. The lowest BCUT2D eigenvalue weighted by Gasteiger charge is -2.11. The van der Waals surface area contributed by atoms with Crippen molar-refractivity contribution in [2.45, 2.75) is 0 Å². The molecule has 1 aromatic rings. The average molecular weight is 163 g/mol. The second-order valence-corrected chi connectivity index (χ2v) is 2.34. The molecule has 0 aromatic carbocycles. The fourth-order valence-corrected chi connectivity index (χ4v) is 0.789. The van der Waals surface area contributed by atoms with E-state index in [1.54, 1.807) is 13.1 Å². The van der Waals surface area contributed by atoms with Crippen LogP contribution in [-0.2, 0) is 0 Å². The van der Waals surface area contributed by atoms with Crippen molar-refractivity contribution in [2.75, 3.05) is 13.6 Å². The molecule has 0 atom stereocenters. The van der Waals surface area contributed by atoms with Crippen molar-refractivity contribution in [3.63, 3.8) is 0 Å². The van der Waals surface area contributed by atoms with Crippen LogP contribution in [0.15, 0.2) is 12.3 Å². The number of amides is 1. The predicted octanol–water partition coefficient (Wildman–Crippen LogP) is 0.115. The molecule has 1 amide bonds. The molecule has 62 valence electrons. The topological polar surface area (TPSA) is 49.0 Å². The molecule has 0 fully saturated rings. The first-order chi connectivity index (χ1) is 5.75. The molecule has 0 radical (unpaired) electrons. The van der Waals surface area contributed by atoms with Crippen molar-refractivity contribution in [1.29, 1.82) is 0 Å². The number of carbonyl (C=O) groups is 1. The van der Waals surface area contributed by atoms with Gasteiger partial charge in [0.2, 0.25) is 0 Å². The Bertz CT molecular complexity index is 297. The number of aromatic nitrogens is 2. The molecule has 0 saturated heterocycles. The fraction of sp³-hybridized carbons (Fsp3) is 0.250. The van der Waals surface area contributed by atoms with E-state index in [2.05, 4.69) is 16.1 Å². The van der Waals surface area contributed by atoms with E-state index in [9.17, 15) is 4.79 Å². The van der Waals surface area contributed by atoms with Gasteiger partial charge in [0.1, 0.15) is 5.69 Å². The van der Waals surface area contributed by atoms with Gasteiger partial charge in [-0.25, -0.2) is 0 Å². The number of carbonyl (C=O) groups excluding carboxylic acids is 1. The number of nitrogens with zero attached hydrogens (tertiary/aromatic N) is 2. The largest absolute Gasteiger partial charge is 0.329 e. The number of rotatable bonds is 2. The Morgan fingerprint density at radius 2 is 2.67 bits per heavy atom. The number of terminal acetylenes is 1. The van der Waals surface area contributed by atoms with Gasteiger partial charge in [0.15, 0.2) is 0 Å². The summed E-state index contributed by atoms with van der Waals surface area (Å²) in [4.78, 5) is 12.8. The van der Waals surface area contributed by atoms with E-state index in [0.29, 0.717) is 12.2 Å². The van der Waals surface area contributed by atoms with E-state index >= 15 is 0 Å². The van der Waals surface area contributed by atoms with Gasteiger partial charge in [0.25, 0.3) is 5.91 Å². The zero-order chi connectivity index (χ0) is 8.97. The van der Waals surface area contributed by atoms with Crippen LogP contribution in [0.1, 0.15) is 10.5 Å². The van der Waals surface area contributed by atoms with Gasteiger partial charge in [-0.1, -0.05) is 5.92 Å². The summed E-state index contributed by atoms with van der Waals surface area (Å²) in [5.74, 6) is 2.23. The van der Waals surface area contributed by atoms with Crippen LogP contribution < -0.4 is 0 Å². The lowest BCUT2D eigenvalue weighted by molar-refractivity contribution is 0.0807. The molecule has 1 aromatic heterocycles. The molecular weight excluding hydrogens is 154 g/mol. The summed E-state index contributed by atoms with van der Waals surface area (Å²) >= 11 is 0. The van der Waals surface area contributed by atoms with Crippen molar-refractivity contribution in [3.8, 4) is 12.3 Å². The summed E-state index contributed by atoms with van der Waals surface area (Å²) in [6.07, 6.45) is 6.58. The molecule has 0 bridgehead atoms. The van der Waals surface area contributed by atoms with Gasteiger partial charge in [-0.3, -0.25) is 9.89 Å². The van der Waals surface area contributed by atoms with E-state index in [-0.39, 0.29) is 5.91 Å². The van der Waals surface area contributed by atoms with Crippen LogP contribution in [0.5, 0.6) is 0 Å². The molecule has 1 heterocycles. The smallest absolute Gasteiger partial charge is 0.272 e. The summed E-state index contributed by atoms with van der Waals surface area (Å²) in [6.45, 7) is 0.303. The normalized spacial score (nSPS) is 9.00. The Hall–Kier alpha value is -1.76. The van der Waals surface area contributed by atoms with Crippen molar-refractivity contribution in [2.24, 2.45) is 0 Å². The highest BCUT2D eigenvalue weighted by molar-refractivity contribution is 5.92. The van der Waals surface area contributed by atoms with Gasteiger partial charge in [0, 0.05) is 13.2 Å².